The van der Waals surface area contributed by atoms with Crippen LogP contribution >= 0.6 is 0 Å². The Hall–Kier alpha value is -2.37. The topological polar surface area (TPSA) is 78.9 Å². The quantitative estimate of drug-likeness (QED) is 0.0261. The van der Waals surface area contributed by atoms with Gasteiger partial charge in [0, 0.05) is 19.3 Å². The summed E-state index contributed by atoms with van der Waals surface area (Å²) in [5.74, 6) is -0.861. The lowest BCUT2D eigenvalue weighted by atomic mass is 10.0. The van der Waals surface area contributed by atoms with Crippen molar-refractivity contribution in [2.75, 3.05) is 13.2 Å². The first kappa shape index (κ1) is 77.6. The van der Waals surface area contributed by atoms with E-state index in [9.17, 15) is 14.4 Å². The van der Waals surface area contributed by atoms with Crippen molar-refractivity contribution >= 4 is 17.9 Å². The molecule has 0 saturated heterocycles. The van der Waals surface area contributed by atoms with Crippen LogP contribution in [0.2, 0.25) is 0 Å². The second-order valence-corrected chi connectivity index (χ2v) is 24.5. The van der Waals surface area contributed by atoms with Crippen molar-refractivity contribution in [1.29, 1.82) is 0 Å². The van der Waals surface area contributed by atoms with Gasteiger partial charge >= 0.3 is 17.9 Å². The molecule has 0 N–H and O–H groups in total. The van der Waals surface area contributed by atoms with Crippen molar-refractivity contribution in [2.24, 2.45) is 0 Å². The Morgan fingerprint density at radius 1 is 0.250 bits per heavy atom. The average Bonchev–Trinajstić information content (AvgIpc) is 3.46. The van der Waals surface area contributed by atoms with E-state index in [0.29, 0.717) is 19.3 Å². The molecule has 0 amide bonds. The normalized spacial score (nSPS) is 12.2. The fraction of sp³-hybridized carbons (Fsp3) is 0.878. The van der Waals surface area contributed by atoms with Crippen LogP contribution < -0.4 is 0 Å². The summed E-state index contributed by atoms with van der Waals surface area (Å²) in [6, 6.07) is 0. The third-order valence-corrected chi connectivity index (χ3v) is 16.4. The van der Waals surface area contributed by atoms with Gasteiger partial charge in [0.05, 0.1) is 0 Å². The minimum absolute atomic E-state index is 0.0729. The van der Waals surface area contributed by atoms with E-state index in [1.165, 1.54) is 283 Å². The maximum absolute atomic E-state index is 12.9. The van der Waals surface area contributed by atoms with Crippen LogP contribution in [-0.4, -0.2) is 37.2 Å². The molecule has 0 bridgehead atoms. The van der Waals surface area contributed by atoms with Crippen molar-refractivity contribution in [2.45, 2.75) is 406 Å². The third-order valence-electron chi connectivity index (χ3n) is 16.4. The van der Waals surface area contributed by atoms with Crippen LogP contribution in [0.5, 0.6) is 0 Å². The van der Waals surface area contributed by atoms with Gasteiger partial charge in [0.15, 0.2) is 6.10 Å². The first-order valence-electron chi connectivity index (χ1n) is 36.0. The van der Waals surface area contributed by atoms with E-state index in [1.807, 2.05) is 0 Å². The summed E-state index contributed by atoms with van der Waals surface area (Å²) in [4.78, 5) is 38.4. The SMILES string of the molecule is CCCCC/C=C\C/C=C\CCCCCCCC(=O)OCC(COC(=O)CCCCCCCCCCCCCCCCCCCCCCCCCCCCCC)OC(=O)CCCCCCCCCCC/C=C\CCCCCCCC. The highest BCUT2D eigenvalue weighted by Crippen LogP contribution is 2.19. The minimum atomic E-state index is -0.778. The lowest BCUT2D eigenvalue weighted by Gasteiger charge is -2.18. The molecule has 0 spiro atoms. The number of hydrogen-bond donors (Lipinski definition) is 0. The number of hydrogen-bond acceptors (Lipinski definition) is 6. The molecule has 470 valence electrons. The molecule has 0 aromatic rings. The van der Waals surface area contributed by atoms with Gasteiger partial charge < -0.3 is 14.2 Å². The highest BCUT2D eigenvalue weighted by Gasteiger charge is 2.19. The Balaban J connectivity index is 4.22. The first-order valence-corrected chi connectivity index (χ1v) is 36.0. The smallest absolute Gasteiger partial charge is 0.306 e. The van der Waals surface area contributed by atoms with Crippen LogP contribution in [0.3, 0.4) is 0 Å². The maximum atomic E-state index is 12.9. The second kappa shape index (κ2) is 69.1. The zero-order chi connectivity index (χ0) is 57.8. The fourth-order valence-corrected chi connectivity index (χ4v) is 10.9. The van der Waals surface area contributed by atoms with Crippen molar-refractivity contribution in [1.82, 2.24) is 0 Å². The van der Waals surface area contributed by atoms with Gasteiger partial charge in [0.1, 0.15) is 13.2 Å². The van der Waals surface area contributed by atoms with Crippen LogP contribution in [0.25, 0.3) is 0 Å². The molecule has 0 rings (SSSR count). The minimum Gasteiger partial charge on any atom is -0.462 e. The summed E-state index contributed by atoms with van der Waals surface area (Å²) < 4.78 is 17.0. The Bertz CT molecular complexity index is 1340. The van der Waals surface area contributed by atoms with Crippen LogP contribution in [0.15, 0.2) is 36.5 Å². The first-order chi connectivity index (χ1) is 39.5. The van der Waals surface area contributed by atoms with E-state index >= 15 is 0 Å². The molecule has 0 aliphatic heterocycles. The monoisotopic (exact) mass is 1120 g/mol. The highest BCUT2D eigenvalue weighted by molar-refractivity contribution is 5.71. The number of carbonyl (C=O) groups is 3. The van der Waals surface area contributed by atoms with Crippen molar-refractivity contribution in [3.8, 4) is 0 Å². The summed E-state index contributed by atoms with van der Waals surface area (Å²) in [6.07, 6.45) is 86.1. The van der Waals surface area contributed by atoms with E-state index in [2.05, 4.69) is 57.2 Å². The maximum Gasteiger partial charge on any atom is 0.306 e. The molecule has 0 fully saturated rings. The van der Waals surface area contributed by atoms with Crippen LogP contribution in [0.4, 0.5) is 0 Å². The van der Waals surface area contributed by atoms with Gasteiger partial charge in [-0.1, -0.05) is 340 Å². The number of ether oxygens (including phenoxy) is 3. The van der Waals surface area contributed by atoms with Gasteiger partial charge in [-0.2, -0.15) is 0 Å². The third kappa shape index (κ3) is 66.4. The van der Waals surface area contributed by atoms with Crippen LogP contribution in [0, 0.1) is 0 Å². The predicted molar refractivity (Wildman–Crippen MR) is 349 cm³/mol. The molecule has 6 nitrogen and oxygen atoms in total. The van der Waals surface area contributed by atoms with E-state index in [0.717, 1.165) is 77.0 Å². The molecule has 0 aromatic heterocycles. The predicted octanol–water partition coefficient (Wildman–Crippen LogP) is 24.7. The molecule has 0 aliphatic carbocycles. The lowest BCUT2D eigenvalue weighted by Crippen LogP contribution is -2.30. The number of allylic oxidation sites excluding steroid dienone is 6. The zero-order valence-electron chi connectivity index (χ0n) is 54.1. The fourth-order valence-electron chi connectivity index (χ4n) is 10.9. The summed E-state index contributed by atoms with van der Waals surface area (Å²) in [5, 5.41) is 0. The number of carbonyl (C=O) groups excluding carboxylic acids is 3. The van der Waals surface area contributed by atoms with Gasteiger partial charge in [0.2, 0.25) is 0 Å². The molecule has 0 radical (unpaired) electrons. The second-order valence-electron chi connectivity index (χ2n) is 24.5. The summed E-state index contributed by atoms with van der Waals surface area (Å²) in [7, 11) is 0. The number of esters is 3. The molecule has 1 unspecified atom stereocenters. The molecule has 0 heterocycles. The molecular formula is C74H138O6. The van der Waals surface area contributed by atoms with Gasteiger partial charge in [0.25, 0.3) is 0 Å². The van der Waals surface area contributed by atoms with E-state index in [1.54, 1.807) is 0 Å². The molecule has 80 heavy (non-hydrogen) atoms. The molecule has 0 aliphatic rings. The molecule has 0 saturated carbocycles. The lowest BCUT2D eigenvalue weighted by molar-refractivity contribution is -0.167. The Morgan fingerprint density at radius 3 is 0.725 bits per heavy atom. The zero-order valence-corrected chi connectivity index (χ0v) is 54.1. The van der Waals surface area contributed by atoms with E-state index in [-0.39, 0.29) is 31.1 Å². The Morgan fingerprint density at radius 2 is 0.450 bits per heavy atom. The molecule has 0 aromatic carbocycles. The Labute approximate surface area is 499 Å². The average molecular weight is 1120 g/mol. The standard InChI is InChI=1S/C74H138O6/c1-4-7-10-13-16-19-22-25-28-30-32-33-34-35-36-37-38-39-40-42-43-46-49-52-55-58-61-64-67-73(76)79-70-71(69-78-72(75)66-63-60-57-54-51-48-45-27-24-21-18-15-12-9-6-3)80-74(77)68-65-62-59-56-53-50-47-44-41-31-29-26-23-20-17-14-11-8-5-2/h18,21,26-27,29,45,71H,4-17,19-20,22-25,28,30-44,46-70H2,1-3H3/b21-18-,29-26-,45-27-. The largest absolute Gasteiger partial charge is 0.462 e. The number of rotatable bonds is 67. The van der Waals surface area contributed by atoms with Crippen molar-refractivity contribution in [3.05, 3.63) is 36.5 Å². The van der Waals surface area contributed by atoms with Crippen molar-refractivity contribution in [3.63, 3.8) is 0 Å². The van der Waals surface area contributed by atoms with E-state index in [4.69, 9.17) is 14.2 Å². The Kier molecular flexibility index (Phi) is 67.1. The van der Waals surface area contributed by atoms with Gasteiger partial charge in [-0.25, -0.2) is 0 Å². The summed E-state index contributed by atoms with van der Waals surface area (Å²) in [6.45, 7) is 6.67. The van der Waals surface area contributed by atoms with Gasteiger partial charge in [-0.15, -0.1) is 0 Å². The highest BCUT2D eigenvalue weighted by atomic mass is 16.6. The summed E-state index contributed by atoms with van der Waals surface area (Å²) >= 11 is 0. The van der Waals surface area contributed by atoms with Crippen LogP contribution in [-0.2, 0) is 28.6 Å². The van der Waals surface area contributed by atoms with Gasteiger partial charge in [-0.05, 0) is 77.0 Å². The molecule has 1 atom stereocenters. The van der Waals surface area contributed by atoms with Gasteiger partial charge in [-0.3, -0.25) is 14.4 Å². The van der Waals surface area contributed by atoms with E-state index < -0.39 is 6.10 Å². The summed E-state index contributed by atoms with van der Waals surface area (Å²) in [5.41, 5.74) is 0. The molecule has 6 heteroatoms. The molecular weight excluding hydrogens is 985 g/mol. The van der Waals surface area contributed by atoms with Crippen LogP contribution in [0.1, 0.15) is 400 Å². The van der Waals surface area contributed by atoms with Crippen molar-refractivity contribution < 1.29 is 28.6 Å². The number of unbranched alkanes of at least 4 members (excludes halogenated alkanes) is 50.